The summed E-state index contributed by atoms with van der Waals surface area (Å²) in [4.78, 5) is 2.63. The number of fused-ring (bicyclic) bond motifs is 1. The minimum atomic E-state index is 0.755. The molecule has 2 aliphatic rings. The lowest BCUT2D eigenvalue weighted by Crippen LogP contribution is -2.36. The zero-order valence-electron chi connectivity index (χ0n) is 10.7. The van der Waals surface area contributed by atoms with Crippen molar-refractivity contribution in [1.82, 2.24) is 4.90 Å². The summed E-state index contributed by atoms with van der Waals surface area (Å²) in [6.45, 7) is 5.87. The van der Waals surface area contributed by atoms with Crippen LogP contribution >= 0.6 is 0 Å². The third-order valence-electron chi connectivity index (χ3n) is 4.21. The summed E-state index contributed by atoms with van der Waals surface area (Å²) < 4.78 is 0. The number of hydrogen-bond acceptors (Lipinski definition) is 2. The Balaban J connectivity index is 1.72. The molecule has 0 spiro atoms. The van der Waals surface area contributed by atoms with Crippen LogP contribution in [0, 0.1) is 0 Å². The number of piperidine rings is 1. The number of likely N-dealkylation sites (tertiary alicyclic amines) is 1. The first-order valence-corrected chi connectivity index (χ1v) is 6.92. The second-order valence-electron chi connectivity index (χ2n) is 5.48. The molecule has 1 aromatic carbocycles. The summed E-state index contributed by atoms with van der Waals surface area (Å²) in [7, 11) is 0. The fraction of sp³-hybridized carbons (Fsp3) is 0.600. The van der Waals surface area contributed by atoms with E-state index in [-0.39, 0.29) is 0 Å². The van der Waals surface area contributed by atoms with Gasteiger partial charge in [0.1, 0.15) is 0 Å². The van der Waals surface area contributed by atoms with Crippen molar-refractivity contribution in [3.05, 3.63) is 29.3 Å². The summed E-state index contributed by atoms with van der Waals surface area (Å²) in [5, 5.41) is 3.47. The van der Waals surface area contributed by atoms with E-state index in [1.165, 1.54) is 49.0 Å². The van der Waals surface area contributed by atoms with Gasteiger partial charge in [-0.3, -0.25) is 4.90 Å². The van der Waals surface area contributed by atoms with Crippen molar-refractivity contribution < 1.29 is 0 Å². The second kappa shape index (κ2) is 4.69. The third-order valence-corrected chi connectivity index (χ3v) is 4.21. The molecule has 1 unspecified atom stereocenters. The largest absolute Gasteiger partial charge is 0.384 e. The predicted octanol–water partition coefficient (Wildman–Crippen LogP) is 3.03. The van der Waals surface area contributed by atoms with E-state index >= 15 is 0 Å². The molecule has 1 atom stereocenters. The topological polar surface area (TPSA) is 15.3 Å². The molecule has 0 aromatic heterocycles. The molecular weight excluding hydrogens is 208 g/mol. The Hall–Kier alpha value is -1.02. The number of benzene rings is 1. The molecule has 1 aromatic rings. The zero-order valence-corrected chi connectivity index (χ0v) is 10.7. The molecule has 17 heavy (non-hydrogen) atoms. The molecule has 1 fully saturated rings. The van der Waals surface area contributed by atoms with Crippen LogP contribution in [0.5, 0.6) is 0 Å². The van der Waals surface area contributed by atoms with Crippen LogP contribution in [-0.2, 0) is 13.0 Å². The smallest absolute Gasteiger partial charge is 0.0376 e. The van der Waals surface area contributed by atoms with Crippen molar-refractivity contribution in [2.75, 3.05) is 18.4 Å². The molecule has 1 N–H and O–H groups in total. The van der Waals surface area contributed by atoms with Crippen molar-refractivity contribution in [2.45, 2.75) is 45.2 Å². The average molecular weight is 230 g/mol. The van der Waals surface area contributed by atoms with Crippen molar-refractivity contribution in [3.63, 3.8) is 0 Å². The second-order valence-corrected chi connectivity index (χ2v) is 5.48. The summed E-state index contributed by atoms with van der Waals surface area (Å²) in [6, 6.07) is 7.72. The molecule has 2 heteroatoms. The third kappa shape index (κ3) is 2.32. The van der Waals surface area contributed by atoms with Gasteiger partial charge in [0, 0.05) is 24.8 Å². The summed E-state index contributed by atoms with van der Waals surface area (Å²) >= 11 is 0. The first kappa shape index (κ1) is 11.1. The van der Waals surface area contributed by atoms with Crippen LogP contribution in [0.15, 0.2) is 18.2 Å². The van der Waals surface area contributed by atoms with Crippen molar-refractivity contribution >= 4 is 5.69 Å². The monoisotopic (exact) mass is 230 g/mol. The van der Waals surface area contributed by atoms with Crippen molar-refractivity contribution in [2.24, 2.45) is 0 Å². The van der Waals surface area contributed by atoms with Crippen LogP contribution in [0.2, 0.25) is 0 Å². The molecule has 0 aliphatic carbocycles. The number of hydrogen-bond donors (Lipinski definition) is 1. The molecule has 2 nitrogen and oxygen atoms in total. The van der Waals surface area contributed by atoms with Gasteiger partial charge in [-0.15, -0.1) is 0 Å². The van der Waals surface area contributed by atoms with Gasteiger partial charge in [-0.05, 0) is 49.9 Å². The molecule has 3 rings (SSSR count). The first-order chi connectivity index (χ1) is 8.33. The molecule has 92 valence electrons. The normalized spacial score (nSPS) is 24.4. The maximum Gasteiger partial charge on any atom is 0.0376 e. The average Bonchev–Trinajstić information content (AvgIpc) is 2.79. The fourth-order valence-corrected chi connectivity index (χ4v) is 3.06. The number of nitrogens with zero attached hydrogens (tertiary/aromatic N) is 1. The van der Waals surface area contributed by atoms with Gasteiger partial charge >= 0.3 is 0 Å². The first-order valence-electron chi connectivity index (χ1n) is 6.92. The van der Waals surface area contributed by atoms with Crippen LogP contribution in [0.25, 0.3) is 0 Å². The van der Waals surface area contributed by atoms with E-state index in [9.17, 15) is 0 Å². The molecule has 2 heterocycles. The van der Waals surface area contributed by atoms with Gasteiger partial charge in [-0.1, -0.05) is 18.6 Å². The number of anilines is 1. The van der Waals surface area contributed by atoms with E-state index < -0.39 is 0 Å². The van der Waals surface area contributed by atoms with E-state index in [2.05, 4.69) is 35.3 Å². The van der Waals surface area contributed by atoms with E-state index in [1.54, 1.807) is 0 Å². The maximum absolute atomic E-state index is 3.47. The predicted molar refractivity (Wildman–Crippen MR) is 72.4 cm³/mol. The van der Waals surface area contributed by atoms with Gasteiger partial charge < -0.3 is 5.32 Å². The van der Waals surface area contributed by atoms with Crippen LogP contribution in [0.3, 0.4) is 0 Å². The number of nitrogens with one attached hydrogen (secondary N) is 1. The van der Waals surface area contributed by atoms with Gasteiger partial charge in [0.05, 0.1) is 0 Å². The highest BCUT2D eigenvalue weighted by Crippen LogP contribution is 2.25. The Morgan fingerprint density at radius 2 is 2.29 bits per heavy atom. The molecule has 0 amide bonds. The lowest BCUT2D eigenvalue weighted by Gasteiger charge is -2.33. The molecule has 0 saturated carbocycles. The maximum atomic E-state index is 3.47. The Kier molecular flexibility index (Phi) is 3.06. The molecule has 0 bridgehead atoms. The van der Waals surface area contributed by atoms with Crippen LogP contribution in [-0.4, -0.2) is 24.0 Å². The lowest BCUT2D eigenvalue weighted by molar-refractivity contribution is 0.152. The standard InChI is InChI=1S/C15H22N2/c1-12-4-2-3-9-17(12)11-13-5-6-14-7-8-16-15(14)10-13/h5-6,10,12,16H,2-4,7-9,11H2,1H3. The van der Waals surface area contributed by atoms with Crippen molar-refractivity contribution in [3.8, 4) is 0 Å². The highest BCUT2D eigenvalue weighted by Gasteiger charge is 2.18. The van der Waals surface area contributed by atoms with Gasteiger partial charge in [0.25, 0.3) is 0 Å². The van der Waals surface area contributed by atoms with E-state index in [0.717, 1.165) is 19.1 Å². The quantitative estimate of drug-likeness (QED) is 0.840. The van der Waals surface area contributed by atoms with Crippen LogP contribution in [0.4, 0.5) is 5.69 Å². The van der Waals surface area contributed by atoms with Gasteiger partial charge in [-0.25, -0.2) is 0 Å². The Morgan fingerprint density at radius 1 is 1.35 bits per heavy atom. The lowest BCUT2D eigenvalue weighted by atomic mass is 10.0. The summed E-state index contributed by atoms with van der Waals surface area (Å²) in [5.41, 5.74) is 4.32. The molecular formula is C15H22N2. The summed E-state index contributed by atoms with van der Waals surface area (Å²) in [5.74, 6) is 0. The summed E-state index contributed by atoms with van der Waals surface area (Å²) in [6.07, 6.45) is 5.33. The minimum Gasteiger partial charge on any atom is -0.384 e. The highest BCUT2D eigenvalue weighted by molar-refractivity contribution is 5.57. The van der Waals surface area contributed by atoms with E-state index in [4.69, 9.17) is 0 Å². The van der Waals surface area contributed by atoms with Gasteiger partial charge in [0.2, 0.25) is 0 Å². The zero-order chi connectivity index (χ0) is 11.7. The fourth-order valence-electron chi connectivity index (χ4n) is 3.06. The number of rotatable bonds is 2. The van der Waals surface area contributed by atoms with Gasteiger partial charge in [0.15, 0.2) is 0 Å². The van der Waals surface area contributed by atoms with Crippen LogP contribution < -0.4 is 5.32 Å². The van der Waals surface area contributed by atoms with Crippen LogP contribution in [0.1, 0.15) is 37.3 Å². The van der Waals surface area contributed by atoms with Crippen molar-refractivity contribution in [1.29, 1.82) is 0 Å². The van der Waals surface area contributed by atoms with E-state index in [0.29, 0.717) is 0 Å². The Bertz CT molecular complexity index is 400. The molecule has 0 radical (unpaired) electrons. The molecule has 2 aliphatic heterocycles. The van der Waals surface area contributed by atoms with E-state index in [1.807, 2.05) is 0 Å². The SMILES string of the molecule is CC1CCCCN1Cc1ccc2c(c1)NCC2. The van der Waals surface area contributed by atoms with Gasteiger partial charge in [-0.2, -0.15) is 0 Å². The highest BCUT2D eigenvalue weighted by atomic mass is 15.2. The Labute approximate surface area is 104 Å². The molecule has 1 saturated heterocycles. The Morgan fingerprint density at radius 3 is 3.18 bits per heavy atom. The minimum absolute atomic E-state index is 0.755.